The SMILES string of the molecule is [B]C([B])([B])N1CC=C(C2C(F)C(NC3NC(C)CC(NC)N3)CC3CCOC32)CCC1. The van der Waals surface area contributed by atoms with E-state index in [-0.39, 0.29) is 30.5 Å². The summed E-state index contributed by atoms with van der Waals surface area (Å²) in [5.41, 5.74) is 1.12. The predicted octanol–water partition coefficient (Wildman–Crippen LogP) is -0.353. The van der Waals surface area contributed by atoms with Crippen molar-refractivity contribution in [3.05, 3.63) is 11.6 Å². The van der Waals surface area contributed by atoms with E-state index in [4.69, 9.17) is 28.3 Å². The highest BCUT2D eigenvalue weighted by Gasteiger charge is 2.50. The van der Waals surface area contributed by atoms with E-state index in [2.05, 4.69) is 34.3 Å². The molecule has 166 valence electrons. The maximum atomic E-state index is 16.1. The third-order valence-electron chi connectivity index (χ3n) is 7.48. The molecule has 8 atom stereocenters. The summed E-state index contributed by atoms with van der Waals surface area (Å²) in [6.07, 6.45) is 5.51. The third kappa shape index (κ3) is 5.41. The molecule has 1 aliphatic carbocycles. The normalized spacial score (nSPS) is 42.6. The van der Waals surface area contributed by atoms with Gasteiger partial charge in [-0.3, -0.25) is 16.0 Å². The van der Waals surface area contributed by atoms with E-state index in [9.17, 15) is 0 Å². The monoisotopic (exact) mass is 425 g/mol. The first-order valence-corrected chi connectivity index (χ1v) is 11.8. The van der Waals surface area contributed by atoms with Gasteiger partial charge in [-0.25, -0.2) is 4.39 Å². The number of hydrogen-bond donors (Lipinski definition) is 4. The fourth-order valence-electron chi connectivity index (χ4n) is 5.85. The van der Waals surface area contributed by atoms with Crippen LogP contribution >= 0.6 is 0 Å². The molecule has 2 saturated heterocycles. The number of ether oxygens (including phenoxy) is 1. The van der Waals surface area contributed by atoms with Gasteiger partial charge in [-0.05, 0) is 58.5 Å². The van der Waals surface area contributed by atoms with Crippen LogP contribution in [0.1, 0.15) is 39.0 Å². The lowest BCUT2D eigenvalue weighted by atomic mass is 9.48. The number of nitrogens with zero attached hydrogens (tertiary/aromatic N) is 1. The molecule has 8 unspecified atom stereocenters. The zero-order chi connectivity index (χ0) is 22.2. The Morgan fingerprint density at radius 2 is 2.06 bits per heavy atom. The Labute approximate surface area is 190 Å². The minimum atomic E-state index is -1.36. The number of rotatable bonds is 5. The lowest BCUT2D eigenvalue weighted by Crippen LogP contribution is -2.69. The zero-order valence-electron chi connectivity index (χ0n) is 18.8. The van der Waals surface area contributed by atoms with Gasteiger partial charge in [0.25, 0.3) is 0 Å². The first-order valence-electron chi connectivity index (χ1n) is 11.8. The molecule has 0 aromatic carbocycles. The van der Waals surface area contributed by atoms with E-state index in [0.29, 0.717) is 31.7 Å². The van der Waals surface area contributed by atoms with Crippen molar-refractivity contribution in [3.63, 3.8) is 0 Å². The number of hydrogen-bond acceptors (Lipinski definition) is 6. The van der Waals surface area contributed by atoms with Gasteiger partial charge >= 0.3 is 0 Å². The van der Waals surface area contributed by atoms with E-state index < -0.39 is 11.4 Å². The van der Waals surface area contributed by atoms with Crippen LogP contribution < -0.4 is 21.3 Å². The van der Waals surface area contributed by atoms with Crippen LogP contribution in [-0.2, 0) is 4.74 Å². The summed E-state index contributed by atoms with van der Waals surface area (Å²) in [6.45, 7) is 4.10. The molecule has 3 heterocycles. The molecular weight excluding hydrogens is 390 g/mol. The molecule has 4 aliphatic rings. The summed E-state index contributed by atoms with van der Waals surface area (Å²) in [7, 11) is 19.6. The molecule has 6 radical (unpaired) electrons. The van der Waals surface area contributed by atoms with Crippen molar-refractivity contribution in [2.24, 2.45) is 11.8 Å². The van der Waals surface area contributed by atoms with Gasteiger partial charge in [-0.15, -0.1) is 0 Å². The topological polar surface area (TPSA) is 60.6 Å². The Morgan fingerprint density at radius 3 is 2.81 bits per heavy atom. The zero-order valence-corrected chi connectivity index (χ0v) is 18.8. The molecule has 10 heteroatoms. The van der Waals surface area contributed by atoms with Gasteiger partial charge in [0.05, 0.1) is 35.8 Å². The highest BCUT2D eigenvalue weighted by molar-refractivity contribution is 6.59. The fourth-order valence-corrected chi connectivity index (χ4v) is 5.85. The second-order valence-electron chi connectivity index (χ2n) is 9.82. The van der Waals surface area contributed by atoms with Crippen LogP contribution in [0, 0.1) is 11.8 Å². The van der Waals surface area contributed by atoms with Crippen molar-refractivity contribution in [1.82, 2.24) is 26.2 Å². The van der Waals surface area contributed by atoms with E-state index in [1.54, 1.807) is 0 Å². The summed E-state index contributed by atoms with van der Waals surface area (Å²) in [5, 5.41) is 12.5. The Balaban J connectivity index is 1.50. The first-order chi connectivity index (χ1) is 14.8. The van der Waals surface area contributed by atoms with Crippen molar-refractivity contribution in [3.8, 4) is 0 Å². The first kappa shape index (κ1) is 23.8. The number of halogens is 1. The van der Waals surface area contributed by atoms with E-state index in [0.717, 1.165) is 37.7 Å². The van der Waals surface area contributed by atoms with Crippen molar-refractivity contribution in [1.29, 1.82) is 0 Å². The molecule has 0 aromatic rings. The van der Waals surface area contributed by atoms with Crippen LogP contribution in [0.4, 0.5) is 4.39 Å². The summed E-state index contributed by atoms with van der Waals surface area (Å²) in [5.74, 6) is 0.121. The summed E-state index contributed by atoms with van der Waals surface area (Å²) in [4.78, 5) is 1.84. The van der Waals surface area contributed by atoms with Crippen molar-refractivity contribution in [2.45, 2.75) is 81.1 Å². The van der Waals surface area contributed by atoms with Crippen LogP contribution in [0.25, 0.3) is 0 Å². The number of alkyl halides is 1. The van der Waals surface area contributed by atoms with Gasteiger partial charge in [0.15, 0.2) is 0 Å². The van der Waals surface area contributed by atoms with Gasteiger partial charge in [-0.1, -0.05) is 16.9 Å². The second-order valence-corrected chi connectivity index (χ2v) is 9.82. The van der Waals surface area contributed by atoms with E-state index in [1.807, 2.05) is 11.9 Å². The number of nitrogens with one attached hydrogen (secondary N) is 4. The fraction of sp³-hybridized carbons (Fsp3) is 0.905. The standard InChI is InChI=1S/C21H35B3FN5O/c1-12-10-16(26-2)29-20(27-12)28-15-11-14-6-9-31-19(14)17(18(15)25)13-4-3-7-30(8-5-13)21(22,23)24/h5,12,14-20,26-29H,3-4,6-11H2,1-2H3. The molecule has 0 amide bonds. The molecule has 0 spiro atoms. The molecule has 4 N–H and O–H groups in total. The van der Waals surface area contributed by atoms with Crippen LogP contribution in [0.15, 0.2) is 11.6 Å². The molecule has 31 heavy (non-hydrogen) atoms. The van der Waals surface area contributed by atoms with Gasteiger partial charge in [-0.2, -0.15) is 0 Å². The highest BCUT2D eigenvalue weighted by atomic mass is 19.1. The van der Waals surface area contributed by atoms with Gasteiger partial charge in [0, 0.05) is 31.2 Å². The molecule has 0 aromatic heterocycles. The molecule has 3 aliphatic heterocycles. The average molecular weight is 425 g/mol. The lowest BCUT2D eigenvalue weighted by Gasteiger charge is -2.45. The van der Waals surface area contributed by atoms with Crippen LogP contribution in [-0.4, -0.2) is 97.2 Å². The van der Waals surface area contributed by atoms with Crippen molar-refractivity contribution in [2.75, 3.05) is 26.7 Å². The number of fused-ring (bicyclic) bond motifs is 1. The molecule has 4 rings (SSSR count). The van der Waals surface area contributed by atoms with Crippen LogP contribution in [0.5, 0.6) is 0 Å². The Bertz CT molecular complexity index is 651. The lowest BCUT2D eigenvalue weighted by molar-refractivity contribution is -0.0262. The Kier molecular flexibility index (Phi) is 7.56. The van der Waals surface area contributed by atoms with Crippen LogP contribution in [0.2, 0.25) is 0 Å². The van der Waals surface area contributed by atoms with Crippen LogP contribution in [0.3, 0.4) is 0 Å². The predicted molar refractivity (Wildman–Crippen MR) is 124 cm³/mol. The molecular formula is C21H35B3FN5O. The largest absolute Gasteiger partial charge is 0.377 e. The van der Waals surface area contributed by atoms with Gasteiger partial charge in [0.1, 0.15) is 12.5 Å². The second kappa shape index (κ2) is 9.86. The maximum absolute atomic E-state index is 16.1. The smallest absolute Gasteiger partial charge is 0.124 e. The van der Waals surface area contributed by atoms with Crippen molar-refractivity contribution >= 4 is 23.5 Å². The van der Waals surface area contributed by atoms with E-state index in [1.165, 1.54) is 0 Å². The average Bonchev–Trinajstić information content (AvgIpc) is 3.01. The van der Waals surface area contributed by atoms with Crippen molar-refractivity contribution < 1.29 is 9.13 Å². The molecule has 1 saturated carbocycles. The minimum Gasteiger partial charge on any atom is -0.377 e. The van der Waals surface area contributed by atoms with Gasteiger partial charge in [0.2, 0.25) is 0 Å². The highest BCUT2D eigenvalue weighted by Crippen LogP contribution is 2.44. The van der Waals surface area contributed by atoms with E-state index >= 15 is 4.39 Å². The summed E-state index contributed by atoms with van der Waals surface area (Å²) in [6, 6.07) is 0.106. The quantitative estimate of drug-likeness (QED) is 0.357. The summed E-state index contributed by atoms with van der Waals surface area (Å²) < 4.78 is 22.2. The minimum absolute atomic E-state index is 0.0551. The Hall–Kier alpha value is -0.375. The molecule has 3 fully saturated rings. The molecule has 0 bridgehead atoms. The molecule has 6 nitrogen and oxygen atoms in total. The third-order valence-corrected chi connectivity index (χ3v) is 7.48. The summed E-state index contributed by atoms with van der Waals surface area (Å²) >= 11 is 0. The maximum Gasteiger partial charge on any atom is 0.124 e. The Morgan fingerprint density at radius 1 is 1.26 bits per heavy atom. The van der Waals surface area contributed by atoms with Gasteiger partial charge < -0.3 is 15.0 Å².